The SMILES string of the molecule is C=CCN(CC(=O)N(Cc1ccc(F)cc1)Cc1ccc(C)s1)C(=O)c1ccc(F)cc1. The van der Waals surface area contributed by atoms with Crippen molar-refractivity contribution in [2.45, 2.75) is 20.0 Å². The average molecular weight is 455 g/mol. The highest BCUT2D eigenvalue weighted by molar-refractivity contribution is 7.11. The highest BCUT2D eigenvalue weighted by Crippen LogP contribution is 2.19. The fraction of sp³-hybridized carbons (Fsp3) is 0.200. The fourth-order valence-corrected chi connectivity index (χ4v) is 4.12. The number of benzene rings is 2. The first-order valence-corrected chi connectivity index (χ1v) is 10.9. The van der Waals surface area contributed by atoms with E-state index in [1.807, 2.05) is 19.1 Å². The molecule has 0 bridgehead atoms. The molecule has 2 aromatic carbocycles. The number of nitrogens with zero attached hydrogens (tertiary/aromatic N) is 2. The number of carbonyl (C=O) groups excluding carboxylic acids is 2. The standard InChI is InChI=1S/C25H24F2N2O2S/c1-3-14-28(25(31)20-7-11-22(27)12-8-20)17-24(30)29(16-23-13-4-18(2)32-23)15-19-5-9-21(26)10-6-19/h3-13H,1,14-17H2,2H3. The minimum Gasteiger partial charge on any atom is -0.332 e. The Kier molecular flexibility index (Phi) is 7.89. The van der Waals surface area contributed by atoms with E-state index in [-0.39, 0.29) is 37.3 Å². The summed E-state index contributed by atoms with van der Waals surface area (Å²) in [6, 6.07) is 15.2. The molecular formula is C25H24F2N2O2S. The Labute approximate surface area is 190 Å². The lowest BCUT2D eigenvalue weighted by molar-refractivity contribution is -0.133. The summed E-state index contributed by atoms with van der Waals surface area (Å²) in [7, 11) is 0. The summed E-state index contributed by atoms with van der Waals surface area (Å²) in [5.41, 5.74) is 1.08. The molecule has 0 saturated heterocycles. The minimum atomic E-state index is -0.440. The van der Waals surface area contributed by atoms with Gasteiger partial charge in [-0.2, -0.15) is 0 Å². The highest BCUT2D eigenvalue weighted by Gasteiger charge is 2.22. The Bertz CT molecular complexity index is 1080. The zero-order chi connectivity index (χ0) is 23.1. The Morgan fingerprint density at radius 1 is 0.906 bits per heavy atom. The summed E-state index contributed by atoms with van der Waals surface area (Å²) in [5, 5.41) is 0. The predicted octanol–water partition coefficient (Wildman–Crippen LogP) is 5.19. The number of halogens is 2. The Hall–Kier alpha value is -3.32. The van der Waals surface area contributed by atoms with Crippen molar-refractivity contribution in [3.63, 3.8) is 0 Å². The molecular weight excluding hydrogens is 430 g/mol. The van der Waals surface area contributed by atoms with Crippen molar-refractivity contribution in [1.82, 2.24) is 9.80 Å². The van der Waals surface area contributed by atoms with Crippen molar-refractivity contribution in [1.29, 1.82) is 0 Å². The summed E-state index contributed by atoms with van der Waals surface area (Å²) in [6.07, 6.45) is 1.54. The van der Waals surface area contributed by atoms with E-state index in [4.69, 9.17) is 0 Å². The minimum absolute atomic E-state index is 0.159. The molecule has 32 heavy (non-hydrogen) atoms. The van der Waals surface area contributed by atoms with Gasteiger partial charge in [0, 0.05) is 28.4 Å². The van der Waals surface area contributed by atoms with E-state index in [0.717, 1.165) is 15.3 Å². The van der Waals surface area contributed by atoms with Gasteiger partial charge in [0.05, 0.1) is 6.54 Å². The largest absolute Gasteiger partial charge is 0.332 e. The molecule has 0 radical (unpaired) electrons. The van der Waals surface area contributed by atoms with Crippen LogP contribution in [0.1, 0.15) is 25.7 Å². The van der Waals surface area contributed by atoms with Gasteiger partial charge in [-0.3, -0.25) is 9.59 Å². The van der Waals surface area contributed by atoms with E-state index in [9.17, 15) is 18.4 Å². The van der Waals surface area contributed by atoms with Gasteiger partial charge >= 0.3 is 0 Å². The van der Waals surface area contributed by atoms with Crippen LogP contribution in [0, 0.1) is 18.6 Å². The molecule has 1 heterocycles. The first kappa shape index (κ1) is 23.3. The highest BCUT2D eigenvalue weighted by atomic mass is 32.1. The molecule has 3 aromatic rings. The van der Waals surface area contributed by atoms with Gasteiger partial charge < -0.3 is 9.80 Å². The summed E-state index contributed by atoms with van der Waals surface area (Å²) in [6.45, 7) is 6.34. The van der Waals surface area contributed by atoms with Gasteiger partial charge in [0.2, 0.25) is 5.91 Å². The summed E-state index contributed by atoms with van der Waals surface area (Å²) < 4.78 is 26.5. The second-order valence-corrected chi connectivity index (χ2v) is 8.74. The van der Waals surface area contributed by atoms with E-state index in [1.54, 1.807) is 34.4 Å². The van der Waals surface area contributed by atoms with Crippen LogP contribution >= 0.6 is 11.3 Å². The molecule has 0 N–H and O–H groups in total. The lowest BCUT2D eigenvalue weighted by Crippen LogP contribution is -2.42. The van der Waals surface area contributed by atoms with Gasteiger partial charge in [-0.25, -0.2) is 8.78 Å². The van der Waals surface area contributed by atoms with E-state index in [0.29, 0.717) is 12.1 Å². The molecule has 0 aliphatic rings. The maximum absolute atomic E-state index is 13.3. The fourth-order valence-electron chi connectivity index (χ4n) is 3.21. The molecule has 0 aliphatic carbocycles. The number of carbonyl (C=O) groups is 2. The summed E-state index contributed by atoms with van der Waals surface area (Å²) >= 11 is 1.59. The zero-order valence-electron chi connectivity index (χ0n) is 17.8. The second-order valence-electron chi connectivity index (χ2n) is 7.37. The van der Waals surface area contributed by atoms with Gasteiger partial charge in [0.1, 0.15) is 18.2 Å². The smallest absolute Gasteiger partial charge is 0.254 e. The number of aryl methyl sites for hydroxylation is 1. The molecule has 7 heteroatoms. The van der Waals surface area contributed by atoms with E-state index < -0.39 is 5.82 Å². The Morgan fingerprint density at radius 2 is 1.53 bits per heavy atom. The van der Waals surface area contributed by atoms with E-state index in [2.05, 4.69) is 6.58 Å². The molecule has 0 spiro atoms. The van der Waals surface area contributed by atoms with Gasteiger partial charge in [0.15, 0.2) is 0 Å². The number of rotatable bonds is 9. The topological polar surface area (TPSA) is 40.6 Å². The van der Waals surface area contributed by atoms with Crippen LogP contribution in [-0.2, 0) is 17.9 Å². The number of hydrogen-bond donors (Lipinski definition) is 0. The Morgan fingerprint density at radius 3 is 2.09 bits per heavy atom. The van der Waals surface area contributed by atoms with Crippen LogP contribution in [0.2, 0.25) is 0 Å². The van der Waals surface area contributed by atoms with Gasteiger partial charge in [-0.05, 0) is 61.0 Å². The van der Waals surface area contributed by atoms with Crippen LogP contribution in [0.3, 0.4) is 0 Å². The van der Waals surface area contributed by atoms with Crippen molar-refractivity contribution in [2.24, 2.45) is 0 Å². The van der Waals surface area contributed by atoms with Crippen LogP contribution < -0.4 is 0 Å². The Balaban J connectivity index is 1.80. The van der Waals surface area contributed by atoms with Crippen LogP contribution in [0.15, 0.2) is 73.3 Å². The van der Waals surface area contributed by atoms with E-state index >= 15 is 0 Å². The second kappa shape index (κ2) is 10.8. The van der Waals surface area contributed by atoms with E-state index in [1.165, 1.54) is 41.3 Å². The number of hydrogen-bond acceptors (Lipinski definition) is 3. The van der Waals surface area contributed by atoms with Crippen LogP contribution in [0.5, 0.6) is 0 Å². The van der Waals surface area contributed by atoms with Gasteiger partial charge in [0.25, 0.3) is 5.91 Å². The lowest BCUT2D eigenvalue weighted by atomic mass is 10.2. The average Bonchev–Trinajstić information content (AvgIpc) is 3.19. The number of thiophene rings is 1. The molecule has 0 unspecified atom stereocenters. The summed E-state index contributed by atoms with van der Waals surface area (Å²) in [4.78, 5) is 31.3. The molecule has 0 saturated carbocycles. The van der Waals surface area contributed by atoms with Crippen LogP contribution in [0.4, 0.5) is 8.78 Å². The zero-order valence-corrected chi connectivity index (χ0v) is 18.6. The molecule has 2 amide bonds. The quantitative estimate of drug-likeness (QED) is 0.418. The molecule has 4 nitrogen and oxygen atoms in total. The van der Waals surface area contributed by atoms with Gasteiger partial charge in [-0.1, -0.05) is 18.2 Å². The predicted molar refractivity (Wildman–Crippen MR) is 122 cm³/mol. The third kappa shape index (κ3) is 6.34. The van der Waals surface area contributed by atoms with Crippen LogP contribution in [0.25, 0.3) is 0 Å². The monoisotopic (exact) mass is 454 g/mol. The number of amides is 2. The lowest BCUT2D eigenvalue weighted by Gasteiger charge is -2.27. The normalized spacial score (nSPS) is 10.6. The molecule has 166 valence electrons. The summed E-state index contributed by atoms with van der Waals surface area (Å²) in [5.74, 6) is -1.42. The first-order chi connectivity index (χ1) is 15.4. The molecule has 0 atom stereocenters. The third-order valence-corrected chi connectivity index (χ3v) is 5.82. The molecule has 1 aromatic heterocycles. The van der Waals surface area contributed by atoms with Crippen molar-refractivity contribution in [3.8, 4) is 0 Å². The molecule has 0 aliphatic heterocycles. The molecule has 3 rings (SSSR count). The van der Waals surface area contributed by atoms with Crippen LogP contribution in [-0.4, -0.2) is 34.7 Å². The third-order valence-electron chi connectivity index (χ3n) is 4.84. The first-order valence-electron chi connectivity index (χ1n) is 10.1. The van der Waals surface area contributed by atoms with Crippen molar-refractivity contribution in [2.75, 3.05) is 13.1 Å². The van der Waals surface area contributed by atoms with Crippen molar-refractivity contribution < 1.29 is 18.4 Å². The van der Waals surface area contributed by atoms with Crippen molar-refractivity contribution in [3.05, 3.63) is 106 Å². The molecule has 0 fully saturated rings. The van der Waals surface area contributed by atoms with Crippen molar-refractivity contribution >= 4 is 23.2 Å². The maximum Gasteiger partial charge on any atom is 0.254 e. The van der Waals surface area contributed by atoms with Gasteiger partial charge in [-0.15, -0.1) is 17.9 Å². The maximum atomic E-state index is 13.3.